The van der Waals surface area contributed by atoms with Crippen molar-refractivity contribution in [2.45, 2.75) is 71.4 Å². The summed E-state index contributed by atoms with van der Waals surface area (Å²) < 4.78 is 2.33. The summed E-state index contributed by atoms with van der Waals surface area (Å²) >= 11 is 0. The van der Waals surface area contributed by atoms with Crippen LogP contribution in [0.3, 0.4) is 0 Å². The molecule has 4 N–H and O–H groups in total. The van der Waals surface area contributed by atoms with Gasteiger partial charge < -0.3 is 10.3 Å². The van der Waals surface area contributed by atoms with Gasteiger partial charge in [0.25, 0.3) is 5.91 Å². The minimum atomic E-state index is -0.730. The van der Waals surface area contributed by atoms with Crippen molar-refractivity contribution in [1.29, 1.82) is 0 Å². The summed E-state index contributed by atoms with van der Waals surface area (Å²) in [5.41, 5.74) is 12.2. The zero-order chi connectivity index (χ0) is 18.7. The SMILES string of the molecule is Cc1cc2nc(CC[C@@H](N)C(=O)NO)n(CC3CCCCC3)c2cc1C. The highest BCUT2D eigenvalue weighted by Gasteiger charge is 2.20. The third-order valence-corrected chi connectivity index (χ3v) is 5.73. The van der Waals surface area contributed by atoms with Crippen molar-refractivity contribution in [3.8, 4) is 0 Å². The van der Waals surface area contributed by atoms with Gasteiger partial charge in [-0.15, -0.1) is 0 Å². The van der Waals surface area contributed by atoms with E-state index in [0.717, 1.165) is 17.9 Å². The van der Waals surface area contributed by atoms with Crippen molar-refractivity contribution in [3.05, 3.63) is 29.1 Å². The van der Waals surface area contributed by atoms with E-state index in [9.17, 15) is 4.79 Å². The molecule has 0 unspecified atom stereocenters. The van der Waals surface area contributed by atoms with E-state index in [1.165, 1.54) is 48.7 Å². The number of hydrogen-bond donors (Lipinski definition) is 3. The van der Waals surface area contributed by atoms with Gasteiger partial charge in [0, 0.05) is 13.0 Å². The molecule has 1 fully saturated rings. The van der Waals surface area contributed by atoms with Crippen molar-refractivity contribution in [2.75, 3.05) is 0 Å². The van der Waals surface area contributed by atoms with E-state index in [-0.39, 0.29) is 0 Å². The lowest BCUT2D eigenvalue weighted by Crippen LogP contribution is -2.39. The highest BCUT2D eigenvalue weighted by Crippen LogP contribution is 2.28. The maximum Gasteiger partial charge on any atom is 0.260 e. The van der Waals surface area contributed by atoms with Crippen LogP contribution in [0, 0.1) is 19.8 Å². The number of hydrogen-bond acceptors (Lipinski definition) is 4. The molecule has 0 radical (unpaired) electrons. The fraction of sp³-hybridized carbons (Fsp3) is 0.600. The van der Waals surface area contributed by atoms with Crippen LogP contribution in [0.5, 0.6) is 0 Å². The average molecular weight is 358 g/mol. The minimum absolute atomic E-state index is 0.457. The van der Waals surface area contributed by atoms with Crippen molar-refractivity contribution >= 4 is 16.9 Å². The summed E-state index contributed by atoms with van der Waals surface area (Å²) in [6.07, 6.45) is 7.59. The van der Waals surface area contributed by atoms with Gasteiger partial charge in [-0.3, -0.25) is 10.0 Å². The third-order valence-electron chi connectivity index (χ3n) is 5.73. The quantitative estimate of drug-likeness (QED) is 0.547. The Morgan fingerprint density at radius 1 is 1.31 bits per heavy atom. The Balaban J connectivity index is 1.89. The molecule has 26 heavy (non-hydrogen) atoms. The van der Waals surface area contributed by atoms with Gasteiger partial charge >= 0.3 is 0 Å². The van der Waals surface area contributed by atoms with Gasteiger partial charge in [-0.25, -0.2) is 10.5 Å². The van der Waals surface area contributed by atoms with Crippen molar-refractivity contribution in [2.24, 2.45) is 11.7 Å². The van der Waals surface area contributed by atoms with Crippen LogP contribution in [0.1, 0.15) is 55.5 Å². The topological polar surface area (TPSA) is 93.2 Å². The van der Waals surface area contributed by atoms with Gasteiger partial charge in [-0.2, -0.15) is 0 Å². The molecule has 1 amide bonds. The Morgan fingerprint density at radius 3 is 2.69 bits per heavy atom. The van der Waals surface area contributed by atoms with Gasteiger partial charge in [0.15, 0.2) is 0 Å². The molecular formula is C20H30N4O2. The zero-order valence-corrected chi connectivity index (χ0v) is 15.8. The number of imidazole rings is 1. The molecule has 1 aliphatic carbocycles. The van der Waals surface area contributed by atoms with Crippen LogP contribution in [0.15, 0.2) is 12.1 Å². The minimum Gasteiger partial charge on any atom is -0.328 e. The molecule has 6 heteroatoms. The molecule has 1 aromatic carbocycles. The molecule has 0 spiro atoms. The molecule has 1 atom stereocenters. The predicted molar refractivity (Wildman–Crippen MR) is 102 cm³/mol. The highest BCUT2D eigenvalue weighted by atomic mass is 16.5. The Morgan fingerprint density at radius 2 is 2.00 bits per heavy atom. The smallest absolute Gasteiger partial charge is 0.260 e. The number of aryl methyl sites for hydroxylation is 3. The summed E-state index contributed by atoms with van der Waals surface area (Å²) in [5, 5.41) is 8.75. The highest BCUT2D eigenvalue weighted by molar-refractivity contribution is 5.80. The second-order valence-corrected chi connectivity index (χ2v) is 7.69. The summed E-state index contributed by atoms with van der Waals surface area (Å²) in [5.74, 6) is 1.12. The molecule has 0 bridgehead atoms. The van der Waals surface area contributed by atoms with E-state index in [1.807, 2.05) is 0 Å². The lowest BCUT2D eigenvalue weighted by atomic mass is 9.89. The van der Waals surface area contributed by atoms with E-state index < -0.39 is 11.9 Å². The monoisotopic (exact) mass is 358 g/mol. The third kappa shape index (κ3) is 4.07. The molecule has 3 rings (SSSR count). The number of carbonyl (C=O) groups is 1. The molecule has 2 aromatic rings. The molecular weight excluding hydrogens is 328 g/mol. The number of benzene rings is 1. The Labute approximate surface area is 154 Å². The number of amides is 1. The van der Waals surface area contributed by atoms with Crippen LogP contribution < -0.4 is 11.2 Å². The Kier molecular flexibility index (Phi) is 5.94. The molecule has 142 valence electrons. The summed E-state index contributed by atoms with van der Waals surface area (Å²) in [7, 11) is 0. The van der Waals surface area contributed by atoms with E-state index in [0.29, 0.717) is 18.8 Å². The van der Waals surface area contributed by atoms with Gasteiger partial charge in [0.1, 0.15) is 5.82 Å². The number of carbonyl (C=O) groups excluding carboxylic acids is 1. The van der Waals surface area contributed by atoms with Crippen LogP contribution in [0.4, 0.5) is 0 Å². The summed E-state index contributed by atoms with van der Waals surface area (Å²) in [6.45, 7) is 5.22. The van der Waals surface area contributed by atoms with Crippen LogP contribution in [-0.4, -0.2) is 26.7 Å². The van der Waals surface area contributed by atoms with Crippen LogP contribution in [0.25, 0.3) is 11.0 Å². The average Bonchev–Trinajstić information content (AvgIpc) is 2.96. The second-order valence-electron chi connectivity index (χ2n) is 7.69. The normalized spacial score (nSPS) is 16.8. The maximum absolute atomic E-state index is 11.5. The van der Waals surface area contributed by atoms with Crippen LogP contribution in [0.2, 0.25) is 0 Å². The first kappa shape index (κ1) is 18.9. The first-order valence-electron chi connectivity index (χ1n) is 9.65. The fourth-order valence-electron chi connectivity index (χ4n) is 3.95. The Bertz CT molecular complexity index is 778. The molecule has 0 saturated heterocycles. The first-order valence-corrected chi connectivity index (χ1v) is 9.65. The molecule has 6 nitrogen and oxygen atoms in total. The largest absolute Gasteiger partial charge is 0.328 e. The van der Waals surface area contributed by atoms with Crippen LogP contribution in [-0.2, 0) is 17.8 Å². The maximum atomic E-state index is 11.5. The molecule has 1 aliphatic rings. The number of aromatic nitrogens is 2. The lowest BCUT2D eigenvalue weighted by Gasteiger charge is -2.23. The number of nitrogens with zero attached hydrogens (tertiary/aromatic N) is 2. The van der Waals surface area contributed by atoms with E-state index in [1.54, 1.807) is 5.48 Å². The van der Waals surface area contributed by atoms with Crippen LogP contribution >= 0.6 is 0 Å². The standard InChI is InChI=1S/C20H30N4O2/c1-13-10-17-18(11-14(13)2)24(12-15-6-4-3-5-7-15)19(22-17)9-8-16(21)20(25)23-26/h10-11,15-16,26H,3-9,12,21H2,1-2H3,(H,23,25)/t16-/m1/s1. The van der Waals surface area contributed by atoms with Crippen molar-refractivity contribution < 1.29 is 10.0 Å². The molecule has 1 aromatic heterocycles. The number of nitrogens with two attached hydrogens (primary N) is 1. The van der Waals surface area contributed by atoms with Gasteiger partial charge in [-0.05, 0) is 62.3 Å². The van der Waals surface area contributed by atoms with Gasteiger partial charge in [0.2, 0.25) is 0 Å². The number of fused-ring (bicyclic) bond motifs is 1. The van der Waals surface area contributed by atoms with Crippen molar-refractivity contribution in [3.63, 3.8) is 0 Å². The van der Waals surface area contributed by atoms with E-state index >= 15 is 0 Å². The molecule has 0 aliphatic heterocycles. The number of hydroxylamine groups is 1. The molecule has 1 saturated carbocycles. The van der Waals surface area contributed by atoms with E-state index in [2.05, 4.69) is 30.5 Å². The zero-order valence-electron chi connectivity index (χ0n) is 15.8. The van der Waals surface area contributed by atoms with Gasteiger partial charge in [-0.1, -0.05) is 19.3 Å². The number of rotatable bonds is 6. The number of nitrogens with one attached hydrogen (secondary N) is 1. The lowest BCUT2D eigenvalue weighted by molar-refractivity contribution is -0.130. The van der Waals surface area contributed by atoms with Crippen molar-refractivity contribution in [1.82, 2.24) is 15.0 Å². The second kappa shape index (κ2) is 8.18. The van der Waals surface area contributed by atoms with Gasteiger partial charge in [0.05, 0.1) is 17.1 Å². The molecule has 1 heterocycles. The van der Waals surface area contributed by atoms with E-state index in [4.69, 9.17) is 15.9 Å². The first-order chi connectivity index (χ1) is 12.5. The summed E-state index contributed by atoms with van der Waals surface area (Å²) in [6, 6.07) is 3.64. The predicted octanol–water partition coefficient (Wildman–Crippen LogP) is 3.00. The summed E-state index contributed by atoms with van der Waals surface area (Å²) in [4.78, 5) is 16.3. The Hall–Kier alpha value is -1.92. The fourth-order valence-corrected chi connectivity index (χ4v) is 3.95.